The van der Waals surface area contributed by atoms with Gasteiger partial charge in [0.1, 0.15) is 11.5 Å². The van der Waals surface area contributed by atoms with E-state index in [4.69, 9.17) is 4.74 Å². The average molecular weight is 361 g/mol. The number of phenolic OH excluding ortho intramolecular Hbond substituents is 1. The number of aromatic hydroxyl groups is 1. The van der Waals surface area contributed by atoms with E-state index in [2.05, 4.69) is 4.98 Å². The van der Waals surface area contributed by atoms with Crippen molar-refractivity contribution in [2.24, 2.45) is 0 Å². The summed E-state index contributed by atoms with van der Waals surface area (Å²) in [5.41, 5.74) is 2.13. The maximum Gasteiger partial charge on any atom is 0.389 e. The van der Waals surface area contributed by atoms with Crippen LogP contribution < -0.4 is 4.74 Å². The van der Waals surface area contributed by atoms with Crippen molar-refractivity contribution in [2.75, 3.05) is 7.11 Å². The Morgan fingerprint density at radius 3 is 2.42 bits per heavy atom. The molecule has 0 bridgehead atoms. The van der Waals surface area contributed by atoms with Crippen molar-refractivity contribution >= 4 is 10.9 Å². The van der Waals surface area contributed by atoms with Crippen LogP contribution in [0, 0.1) is 0 Å². The molecule has 26 heavy (non-hydrogen) atoms. The van der Waals surface area contributed by atoms with Crippen molar-refractivity contribution in [3.05, 3.63) is 65.9 Å². The normalized spacial score (nSPS) is 12.9. The Hall–Kier alpha value is -2.76. The molecule has 0 saturated carbocycles. The fourth-order valence-corrected chi connectivity index (χ4v) is 2.98. The highest BCUT2D eigenvalue weighted by Gasteiger charge is 2.29. The molecular weight excluding hydrogens is 343 g/mol. The van der Waals surface area contributed by atoms with Gasteiger partial charge in [-0.25, -0.2) is 0 Å². The van der Waals surface area contributed by atoms with E-state index in [1.54, 1.807) is 37.6 Å². The molecular formula is C20H18F3NO2. The number of pyridine rings is 1. The van der Waals surface area contributed by atoms with Gasteiger partial charge in [-0.3, -0.25) is 4.98 Å². The summed E-state index contributed by atoms with van der Waals surface area (Å²) in [6.45, 7) is 0. The number of phenols is 1. The van der Waals surface area contributed by atoms with Gasteiger partial charge < -0.3 is 9.84 Å². The Balaban J connectivity index is 1.99. The number of hydrogen-bond donors (Lipinski definition) is 1. The second-order valence-electron chi connectivity index (χ2n) is 6.13. The summed E-state index contributed by atoms with van der Waals surface area (Å²) in [5.74, 6) is 0.285. The van der Waals surface area contributed by atoms with Gasteiger partial charge in [0.2, 0.25) is 0 Å². The van der Waals surface area contributed by atoms with Crippen molar-refractivity contribution in [2.45, 2.75) is 24.9 Å². The number of alkyl halides is 3. The Bertz CT molecular complexity index is 892. The van der Waals surface area contributed by atoms with Crippen LogP contribution in [0.2, 0.25) is 0 Å². The van der Waals surface area contributed by atoms with E-state index in [1.165, 1.54) is 12.1 Å². The van der Waals surface area contributed by atoms with Gasteiger partial charge in [-0.2, -0.15) is 13.2 Å². The summed E-state index contributed by atoms with van der Waals surface area (Å²) in [5, 5.41) is 10.3. The molecule has 1 N–H and O–H groups in total. The maximum absolute atomic E-state index is 12.8. The van der Waals surface area contributed by atoms with Crippen LogP contribution in [0.3, 0.4) is 0 Å². The lowest BCUT2D eigenvalue weighted by molar-refractivity contribution is -0.135. The lowest BCUT2D eigenvalue weighted by Gasteiger charge is -2.19. The van der Waals surface area contributed by atoms with E-state index in [0.29, 0.717) is 22.4 Å². The summed E-state index contributed by atoms with van der Waals surface area (Å²) in [6, 6.07) is 13.5. The van der Waals surface area contributed by atoms with Crippen LogP contribution in [0.25, 0.3) is 10.9 Å². The van der Waals surface area contributed by atoms with Gasteiger partial charge in [0, 0.05) is 30.0 Å². The quantitative estimate of drug-likeness (QED) is 0.659. The van der Waals surface area contributed by atoms with Crippen LogP contribution in [-0.2, 0) is 0 Å². The number of halogens is 3. The Morgan fingerprint density at radius 2 is 1.77 bits per heavy atom. The van der Waals surface area contributed by atoms with Gasteiger partial charge in [-0.05, 0) is 47.9 Å². The Kier molecular flexibility index (Phi) is 5.02. The van der Waals surface area contributed by atoms with Crippen molar-refractivity contribution in [1.82, 2.24) is 4.98 Å². The summed E-state index contributed by atoms with van der Waals surface area (Å²) >= 11 is 0. The van der Waals surface area contributed by atoms with Gasteiger partial charge in [0.15, 0.2) is 0 Å². The SMILES string of the molecule is COc1ccc2cc(C(CCC(F)(F)F)c3ccc(O)cc3)cnc2c1. The summed E-state index contributed by atoms with van der Waals surface area (Å²) in [6.07, 6.45) is -3.60. The molecule has 0 radical (unpaired) electrons. The van der Waals surface area contributed by atoms with Crippen LogP contribution >= 0.6 is 0 Å². The first-order valence-corrected chi connectivity index (χ1v) is 8.15. The van der Waals surface area contributed by atoms with E-state index in [1.807, 2.05) is 12.1 Å². The van der Waals surface area contributed by atoms with Gasteiger partial charge in [0.25, 0.3) is 0 Å². The zero-order valence-corrected chi connectivity index (χ0v) is 14.1. The van der Waals surface area contributed by atoms with E-state index in [-0.39, 0.29) is 12.2 Å². The van der Waals surface area contributed by atoms with Crippen LogP contribution in [0.4, 0.5) is 13.2 Å². The molecule has 6 heteroatoms. The third-order valence-corrected chi connectivity index (χ3v) is 4.33. The number of aromatic nitrogens is 1. The minimum absolute atomic E-state index is 0.0760. The summed E-state index contributed by atoms with van der Waals surface area (Å²) < 4.78 is 43.5. The highest BCUT2D eigenvalue weighted by molar-refractivity contribution is 5.80. The molecule has 3 aromatic rings. The largest absolute Gasteiger partial charge is 0.508 e. The first kappa shape index (κ1) is 18.0. The predicted octanol–water partition coefficient (Wildman–Crippen LogP) is 5.42. The van der Waals surface area contributed by atoms with Gasteiger partial charge in [-0.15, -0.1) is 0 Å². The standard InChI is InChI=1S/C20H18F3NO2/c1-26-17-7-4-14-10-15(12-24-19(14)11-17)18(8-9-20(21,22)23)13-2-5-16(25)6-3-13/h2-7,10-12,18,25H,8-9H2,1H3. The lowest BCUT2D eigenvalue weighted by Crippen LogP contribution is -2.11. The van der Waals surface area contributed by atoms with Crippen molar-refractivity contribution in [3.8, 4) is 11.5 Å². The highest BCUT2D eigenvalue weighted by Crippen LogP contribution is 2.35. The molecule has 0 spiro atoms. The number of hydrogen-bond acceptors (Lipinski definition) is 3. The van der Waals surface area contributed by atoms with E-state index in [0.717, 1.165) is 5.39 Å². The average Bonchev–Trinajstić information content (AvgIpc) is 2.62. The Morgan fingerprint density at radius 1 is 1.04 bits per heavy atom. The van der Waals surface area contributed by atoms with Crippen molar-refractivity contribution < 1.29 is 23.0 Å². The van der Waals surface area contributed by atoms with Gasteiger partial charge in [-0.1, -0.05) is 12.1 Å². The molecule has 136 valence electrons. The second kappa shape index (κ2) is 7.23. The Labute approximate surface area is 149 Å². The molecule has 3 rings (SSSR count). The molecule has 0 fully saturated rings. The molecule has 1 atom stereocenters. The maximum atomic E-state index is 12.8. The van der Waals surface area contributed by atoms with E-state index in [9.17, 15) is 18.3 Å². The molecule has 1 heterocycles. The third kappa shape index (κ3) is 4.25. The number of fused-ring (bicyclic) bond motifs is 1. The lowest BCUT2D eigenvalue weighted by atomic mass is 9.87. The van der Waals surface area contributed by atoms with Crippen LogP contribution in [0.1, 0.15) is 29.9 Å². The molecule has 3 nitrogen and oxygen atoms in total. The minimum atomic E-state index is -4.23. The minimum Gasteiger partial charge on any atom is -0.508 e. The monoisotopic (exact) mass is 361 g/mol. The topological polar surface area (TPSA) is 42.4 Å². The zero-order chi connectivity index (χ0) is 18.7. The molecule has 0 saturated heterocycles. The number of ether oxygens (including phenoxy) is 1. The van der Waals surface area contributed by atoms with Crippen LogP contribution in [0.5, 0.6) is 11.5 Å². The number of nitrogens with zero attached hydrogens (tertiary/aromatic N) is 1. The molecule has 1 unspecified atom stereocenters. The number of benzene rings is 2. The van der Waals surface area contributed by atoms with Crippen molar-refractivity contribution in [1.29, 1.82) is 0 Å². The van der Waals surface area contributed by atoms with E-state index < -0.39 is 18.5 Å². The number of methoxy groups -OCH3 is 1. The summed E-state index contributed by atoms with van der Waals surface area (Å²) in [4.78, 5) is 4.39. The molecule has 2 aromatic carbocycles. The predicted molar refractivity (Wildman–Crippen MR) is 93.5 cm³/mol. The summed E-state index contributed by atoms with van der Waals surface area (Å²) in [7, 11) is 1.56. The van der Waals surface area contributed by atoms with Crippen LogP contribution in [0.15, 0.2) is 54.7 Å². The zero-order valence-electron chi connectivity index (χ0n) is 14.1. The third-order valence-electron chi connectivity index (χ3n) is 4.33. The first-order chi connectivity index (χ1) is 12.4. The molecule has 0 amide bonds. The second-order valence-corrected chi connectivity index (χ2v) is 6.13. The van der Waals surface area contributed by atoms with Gasteiger partial charge in [0.05, 0.1) is 12.6 Å². The molecule has 0 aliphatic rings. The smallest absolute Gasteiger partial charge is 0.389 e. The fraction of sp³-hybridized carbons (Fsp3) is 0.250. The van der Waals surface area contributed by atoms with E-state index >= 15 is 0 Å². The highest BCUT2D eigenvalue weighted by atomic mass is 19.4. The van der Waals surface area contributed by atoms with Crippen LogP contribution in [-0.4, -0.2) is 23.4 Å². The number of rotatable bonds is 5. The molecule has 0 aliphatic heterocycles. The van der Waals surface area contributed by atoms with Gasteiger partial charge >= 0.3 is 6.18 Å². The fourth-order valence-electron chi connectivity index (χ4n) is 2.98. The molecule has 0 aliphatic carbocycles. The molecule has 1 aromatic heterocycles. The first-order valence-electron chi connectivity index (χ1n) is 8.15. The van der Waals surface area contributed by atoms with Crippen molar-refractivity contribution in [3.63, 3.8) is 0 Å².